The number of benzene rings is 1. The number of methoxy groups -OCH3 is 1. The molecule has 2 heterocycles. The Morgan fingerprint density at radius 2 is 2.00 bits per heavy atom. The number of ether oxygens (including phenoxy) is 1. The topological polar surface area (TPSA) is 98.1 Å². The van der Waals surface area contributed by atoms with E-state index >= 15 is 0 Å². The van der Waals surface area contributed by atoms with Crippen LogP contribution in [0.3, 0.4) is 0 Å². The van der Waals surface area contributed by atoms with Crippen molar-refractivity contribution in [3.8, 4) is 11.4 Å². The maximum atomic E-state index is 13.5. The fraction of sp³-hybridized carbons (Fsp3) is 0.407. The molecule has 1 spiro atoms. The van der Waals surface area contributed by atoms with E-state index in [1.165, 1.54) is 20.0 Å². The van der Waals surface area contributed by atoms with Gasteiger partial charge in [0, 0.05) is 44.3 Å². The third-order valence-corrected chi connectivity index (χ3v) is 8.08. The second kappa shape index (κ2) is 8.30. The second-order valence-corrected chi connectivity index (χ2v) is 10.1. The Labute approximate surface area is 203 Å². The van der Waals surface area contributed by atoms with Crippen LogP contribution in [-0.2, 0) is 16.6 Å². The van der Waals surface area contributed by atoms with Crippen molar-refractivity contribution in [1.29, 1.82) is 0 Å². The highest BCUT2D eigenvalue weighted by molar-refractivity contribution is 6.08. The third kappa shape index (κ3) is 3.63. The first-order valence-electron chi connectivity index (χ1n) is 12.2. The number of imidazole rings is 1. The van der Waals surface area contributed by atoms with Gasteiger partial charge in [-0.2, -0.15) is 0 Å². The maximum Gasteiger partial charge on any atom is 0.253 e. The molecule has 2 fully saturated rings. The zero-order valence-corrected chi connectivity index (χ0v) is 20.0. The number of nitrogens with zero attached hydrogens (tertiary/aromatic N) is 3. The molecule has 2 N–H and O–H groups in total. The quantitative estimate of drug-likeness (QED) is 0.514. The number of allylic oxidation sites excluding steroid dienone is 2. The van der Waals surface area contributed by atoms with E-state index in [4.69, 9.17) is 9.72 Å². The van der Waals surface area contributed by atoms with Gasteiger partial charge in [-0.25, -0.2) is 4.98 Å². The zero-order valence-electron chi connectivity index (χ0n) is 20.0. The van der Waals surface area contributed by atoms with E-state index < -0.39 is 0 Å². The van der Waals surface area contributed by atoms with Gasteiger partial charge in [0.15, 0.2) is 0 Å². The summed E-state index contributed by atoms with van der Waals surface area (Å²) >= 11 is 0. The van der Waals surface area contributed by atoms with Crippen LogP contribution in [0, 0.1) is 23.2 Å². The molecule has 0 radical (unpaired) electrons. The van der Waals surface area contributed by atoms with Crippen LogP contribution >= 0.6 is 0 Å². The standard InChI is InChI=1S/C27H29N5O3/c1-32-24-20(26(34)29-14-17-11-18-3-4-21(17)27(18)7-8-27)12-19(30-23(33)15-35-2)13-22(24)31-25(32)16-5-9-28-10-6-16/h3-6,9-10,12-13,17-18,21H,7-8,11,14-15H2,1-2H3,(H,29,34)(H,30,33)/t17-,18-,21-/m0/s1. The first-order chi connectivity index (χ1) is 17.0. The number of hydrogen-bond donors (Lipinski definition) is 2. The Kier molecular flexibility index (Phi) is 5.21. The van der Waals surface area contributed by atoms with E-state index in [-0.39, 0.29) is 18.4 Å². The largest absolute Gasteiger partial charge is 0.375 e. The van der Waals surface area contributed by atoms with Gasteiger partial charge in [-0.15, -0.1) is 0 Å². The summed E-state index contributed by atoms with van der Waals surface area (Å²) in [5, 5.41) is 6.03. The van der Waals surface area contributed by atoms with E-state index in [2.05, 4.69) is 27.8 Å². The summed E-state index contributed by atoms with van der Waals surface area (Å²) in [5.74, 6) is 2.04. The third-order valence-electron chi connectivity index (χ3n) is 8.08. The molecule has 180 valence electrons. The molecule has 3 aliphatic rings. The molecule has 0 unspecified atom stereocenters. The average Bonchev–Trinajstić information content (AvgIpc) is 3.41. The molecule has 2 saturated carbocycles. The van der Waals surface area contributed by atoms with Crippen LogP contribution in [0.4, 0.5) is 5.69 Å². The van der Waals surface area contributed by atoms with Crippen LogP contribution in [0.2, 0.25) is 0 Å². The predicted octanol–water partition coefficient (Wildman–Crippen LogP) is 3.55. The minimum atomic E-state index is -0.285. The summed E-state index contributed by atoms with van der Waals surface area (Å²) in [6, 6.07) is 7.30. The Morgan fingerprint density at radius 3 is 2.71 bits per heavy atom. The van der Waals surface area contributed by atoms with Crippen LogP contribution in [0.5, 0.6) is 0 Å². The lowest BCUT2D eigenvalue weighted by atomic mass is 9.89. The number of carbonyl (C=O) groups is 2. The number of amides is 2. The number of aryl methyl sites for hydroxylation is 1. The molecular formula is C27H29N5O3. The van der Waals surface area contributed by atoms with E-state index in [1.54, 1.807) is 24.5 Å². The fourth-order valence-corrected chi connectivity index (χ4v) is 6.36. The lowest BCUT2D eigenvalue weighted by molar-refractivity contribution is -0.119. The fourth-order valence-electron chi connectivity index (χ4n) is 6.36. The van der Waals surface area contributed by atoms with E-state index in [0.717, 1.165) is 23.3 Å². The minimum Gasteiger partial charge on any atom is -0.375 e. The lowest BCUT2D eigenvalue weighted by Gasteiger charge is -2.20. The van der Waals surface area contributed by atoms with Crippen molar-refractivity contribution in [2.75, 3.05) is 25.6 Å². The van der Waals surface area contributed by atoms with Gasteiger partial charge in [0.05, 0.1) is 16.6 Å². The van der Waals surface area contributed by atoms with Gasteiger partial charge in [0.1, 0.15) is 12.4 Å². The predicted molar refractivity (Wildman–Crippen MR) is 133 cm³/mol. The molecule has 1 aromatic carbocycles. The monoisotopic (exact) mass is 471 g/mol. The molecular weight excluding hydrogens is 442 g/mol. The molecule has 0 aliphatic heterocycles. The number of nitrogens with one attached hydrogen (secondary N) is 2. The second-order valence-electron chi connectivity index (χ2n) is 10.1. The summed E-state index contributed by atoms with van der Waals surface area (Å²) in [6.07, 6.45) is 12.0. The molecule has 3 atom stereocenters. The molecule has 2 amide bonds. The van der Waals surface area contributed by atoms with Gasteiger partial charge in [-0.3, -0.25) is 14.6 Å². The molecule has 2 aromatic heterocycles. The van der Waals surface area contributed by atoms with Crippen molar-refractivity contribution < 1.29 is 14.3 Å². The minimum absolute atomic E-state index is 0.0659. The zero-order chi connectivity index (χ0) is 24.2. The molecule has 2 bridgehead atoms. The molecule has 0 saturated heterocycles. The smallest absolute Gasteiger partial charge is 0.253 e. The summed E-state index contributed by atoms with van der Waals surface area (Å²) in [4.78, 5) is 34.6. The van der Waals surface area contributed by atoms with Gasteiger partial charge in [0.2, 0.25) is 5.91 Å². The molecule has 3 aromatic rings. The Bertz CT molecular complexity index is 1340. The first kappa shape index (κ1) is 22.0. The van der Waals surface area contributed by atoms with Crippen molar-refractivity contribution in [2.45, 2.75) is 19.3 Å². The first-order valence-corrected chi connectivity index (χ1v) is 12.2. The number of rotatable bonds is 7. The van der Waals surface area contributed by atoms with Crippen LogP contribution in [-0.4, -0.2) is 46.6 Å². The molecule has 6 rings (SSSR count). The SMILES string of the molecule is COCC(=O)Nc1cc(C(=O)NC[C@@H]2C[C@@H]3C=C[C@@H]2C32CC2)c2c(c1)nc(-c1ccncc1)n2C. The summed E-state index contributed by atoms with van der Waals surface area (Å²) < 4.78 is 6.87. The Morgan fingerprint density at radius 1 is 1.20 bits per heavy atom. The summed E-state index contributed by atoms with van der Waals surface area (Å²) in [6.45, 7) is 0.590. The van der Waals surface area contributed by atoms with Gasteiger partial charge in [0.25, 0.3) is 5.91 Å². The highest BCUT2D eigenvalue weighted by Gasteiger charge is 2.62. The van der Waals surface area contributed by atoms with Crippen LogP contribution in [0.25, 0.3) is 22.4 Å². The maximum absolute atomic E-state index is 13.5. The summed E-state index contributed by atoms with van der Waals surface area (Å²) in [7, 11) is 3.38. The van der Waals surface area contributed by atoms with Gasteiger partial charge in [-0.05, 0) is 66.7 Å². The number of anilines is 1. The lowest BCUT2D eigenvalue weighted by Crippen LogP contribution is -2.32. The summed E-state index contributed by atoms with van der Waals surface area (Å²) in [5.41, 5.74) is 3.77. The highest BCUT2D eigenvalue weighted by atomic mass is 16.5. The normalized spacial score (nSPS) is 23.2. The highest BCUT2D eigenvalue weighted by Crippen LogP contribution is 2.69. The number of hydrogen-bond acceptors (Lipinski definition) is 5. The van der Waals surface area contributed by atoms with Crippen LogP contribution in [0.15, 0.2) is 48.8 Å². The van der Waals surface area contributed by atoms with Gasteiger partial charge < -0.3 is 19.9 Å². The van der Waals surface area contributed by atoms with Gasteiger partial charge >= 0.3 is 0 Å². The number of fused-ring (bicyclic) bond motifs is 1. The molecule has 35 heavy (non-hydrogen) atoms. The van der Waals surface area contributed by atoms with Crippen LogP contribution < -0.4 is 10.6 Å². The number of aromatic nitrogens is 3. The molecule has 8 nitrogen and oxygen atoms in total. The van der Waals surface area contributed by atoms with Crippen molar-refractivity contribution in [3.05, 3.63) is 54.4 Å². The van der Waals surface area contributed by atoms with Crippen LogP contribution in [0.1, 0.15) is 29.6 Å². The van der Waals surface area contributed by atoms with E-state index in [9.17, 15) is 9.59 Å². The number of pyridine rings is 1. The number of carbonyl (C=O) groups excluding carboxylic acids is 2. The van der Waals surface area contributed by atoms with E-state index in [1.807, 2.05) is 23.7 Å². The molecule has 8 heteroatoms. The Hall–Kier alpha value is -3.52. The van der Waals surface area contributed by atoms with Crippen molar-refractivity contribution in [1.82, 2.24) is 19.9 Å². The van der Waals surface area contributed by atoms with Crippen molar-refractivity contribution >= 4 is 28.5 Å². The van der Waals surface area contributed by atoms with Crippen molar-refractivity contribution in [3.63, 3.8) is 0 Å². The van der Waals surface area contributed by atoms with E-state index in [0.29, 0.717) is 46.5 Å². The molecule has 3 aliphatic carbocycles. The average molecular weight is 472 g/mol. The van der Waals surface area contributed by atoms with Gasteiger partial charge in [-0.1, -0.05) is 12.2 Å². The van der Waals surface area contributed by atoms with Crippen molar-refractivity contribution in [2.24, 2.45) is 30.2 Å². The Balaban J connectivity index is 1.32.